The number of hydrogen-bond donors (Lipinski definition) is 6. The molecule has 384 valence electrons. The molecule has 1 heterocycles. The van der Waals surface area contributed by atoms with Crippen molar-refractivity contribution in [3.8, 4) is 23.0 Å². The van der Waals surface area contributed by atoms with Crippen LogP contribution < -0.4 is 10.1 Å². The predicted octanol–water partition coefficient (Wildman–Crippen LogP) is 14.6. The van der Waals surface area contributed by atoms with Gasteiger partial charge >= 0.3 is 19.5 Å². The number of carbonyl (C=O) groups is 2. The molecule has 0 unspecified atom stereocenters. The van der Waals surface area contributed by atoms with Crippen LogP contribution in [0.4, 0.5) is 0 Å². The minimum Gasteiger partial charge on any atom is -0.506 e. The molecular formula is C53H72NO11PS4. The quantitative estimate of drug-likeness (QED) is 0.0392. The molecule has 4 aromatic carbocycles. The second kappa shape index (κ2) is 23.0. The number of ether oxygens (including phenoxy) is 1. The van der Waals surface area contributed by atoms with Gasteiger partial charge in [0, 0.05) is 18.7 Å². The highest BCUT2D eigenvalue weighted by atomic mass is 32.2. The van der Waals surface area contributed by atoms with E-state index in [0.29, 0.717) is 53.8 Å². The SMILES string of the molecule is CCOP(=O)(OCC)C(C)(C)NCCOc1c2cc(C(C)(C)C)cc1Sc1cc(C(C)(C)C)cc(c1O)Sc1cc(C(C)(C)C)cc(c1O)Sc1cc(C(C)(C)C)cc(c1O)S2.O=C(O)/C=C/C(=O)O. The van der Waals surface area contributed by atoms with Gasteiger partial charge in [0.25, 0.3) is 0 Å². The maximum atomic E-state index is 13.8. The molecule has 0 fully saturated rings. The summed E-state index contributed by atoms with van der Waals surface area (Å²) in [5.41, 5.74) is 3.07. The Morgan fingerprint density at radius 2 is 0.771 bits per heavy atom. The molecule has 0 saturated carbocycles. The molecule has 0 atom stereocenters. The van der Waals surface area contributed by atoms with E-state index >= 15 is 0 Å². The van der Waals surface area contributed by atoms with E-state index in [4.69, 9.17) is 24.0 Å². The van der Waals surface area contributed by atoms with Crippen LogP contribution in [0.1, 0.15) is 133 Å². The zero-order valence-electron chi connectivity index (χ0n) is 43.4. The summed E-state index contributed by atoms with van der Waals surface area (Å²) in [5, 5.41) is 54.7. The van der Waals surface area contributed by atoms with Crippen molar-refractivity contribution in [2.75, 3.05) is 26.4 Å². The highest BCUT2D eigenvalue weighted by Gasteiger charge is 2.43. The molecule has 6 N–H and O–H groups in total. The van der Waals surface area contributed by atoms with Gasteiger partial charge in [-0.1, -0.05) is 130 Å². The first-order valence-electron chi connectivity index (χ1n) is 23.0. The molecular weight excluding hydrogens is 986 g/mol. The average Bonchev–Trinajstić information content (AvgIpc) is 3.21. The molecule has 0 radical (unpaired) electrons. The molecule has 0 aromatic heterocycles. The predicted molar refractivity (Wildman–Crippen MR) is 285 cm³/mol. The Bertz CT molecular complexity index is 2490. The van der Waals surface area contributed by atoms with Gasteiger partial charge in [-0.2, -0.15) is 0 Å². The molecule has 1 aliphatic rings. The van der Waals surface area contributed by atoms with Gasteiger partial charge in [-0.15, -0.1) is 0 Å². The van der Waals surface area contributed by atoms with Gasteiger partial charge in [0.15, 0.2) is 0 Å². The number of phenols is 3. The third-order valence-electron chi connectivity index (χ3n) is 11.0. The number of phenolic OH excluding ortho intramolecular Hbond substituents is 3. The van der Waals surface area contributed by atoms with Crippen molar-refractivity contribution in [3.63, 3.8) is 0 Å². The minimum atomic E-state index is -3.52. The van der Waals surface area contributed by atoms with Gasteiger partial charge < -0.3 is 39.3 Å². The van der Waals surface area contributed by atoms with E-state index in [-0.39, 0.29) is 58.7 Å². The Labute approximate surface area is 432 Å². The van der Waals surface area contributed by atoms with Crippen molar-refractivity contribution >= 4 is 66.6 Å². The molecule has 1 aliphatic heterocycles. The van der Waals surface area contributed by atoms with Crippen LogP contribution >= 0.6 is 54.6 Å². The van der Waals surface area contributed by atoms with Gasteiger partial charge in [-0.25, -0.2) is 9.59 Å². The number of benzene rings is 4. The standard InChI is InChI=1S/C49H68NO7PS4.C4H4O4/c1-17-56-58(54,57-18-2)49(15,16)50-19-20-55-44-39-27-32(48(12,13)14)28-40(44)62-38-26-31(47(9,10)11)24-36(43(38)53)60-34-22-29(45(3,4)5)21-33(41(34)51)59-35-23-30(46(6,7)8)25-37(61-39)42(35)52;5-3(6)1-2-4(7)8/h21-28,50-53H,17-20H2,1-16H3;1-2H,(H,5,6)(H,7,8)/b;2-1+. The van der Waals surface area contributed by atoms with E-state index in [1.54, 1.807) is 13.8 Å². The maximum absolute atomic E-state index is 13.8. The summed E-state index contributed by atoms with van der Waals surface area (Å²) in [6.45, 7) is 34.1. The number of nitrogens with one attached hydrogen (secondary N) is 1. The van der Waals surface area contributed by atoms with E-state index in [1.165, 1.54) is 47.0 Å². The van der Waals surface area contributed by atoms with Crippen molar-refractivity contribution in [2.24, 2.45) is 0 Å². The first-order chi connectivity index (χ1) is 32.1. The largest absolute Gasteiger partial charge is 0.506 e. The topological polar surface area (TPSA) is 192 Å². The van der Waals surface area contributed by atoms with Gasteiger partial charge in [-0.3, -0.25) is 9.88 Å². The Kier molecular flexibility index (Phi) is 19.3. The summed E-state index contributed by atoms with van der Waals surface area (Å²) >= 11 is 5.55. The molecule has 17 heteroatoms. The van der Waals surface area contributed by atoms with Crippen LogP contribution in [0.25, 0.3) is 0 Å². The van der Waals surface area contributed by atoms with Crippen molar-refractivity contribution in [3.05, 3.63) is 82.9 Å². The van der Waals surface area contributed by atoms with E-state index in [9.17, 15) is 29.5 Å². The summed E-state index contributed by atoms with van der Waals surface area (Å²) in [4.78, 5) is 24.4. The number of carboxylic acids is 2. The number of aliphatic carboxylic acids is 2. The zero-order valence-corrected chi connectivity index (χ0v) is 47.5. The number of aromatic hydroxyl groups is 3. The van der Waals surface area contributed by atoms with Crippen LogP contribution in [0.5, 0.6) is 23.0 Å². The van der Waals surface area contributed by atoms with Gasteiger partial charge in [0.1, 0.15) is 34.9 Å². The Morgan fingerprint density at radius 3 is 1.01 bits per heavy atom. The summed E-state index contributed by atoms with van der Waals surface area (Å²) in [6.07, 6.45) is 1.12. The first kappa shape index (κ1) is 58.8. The Morgan fingerprint density at radius 1 is 0.514 bits per heavy atom. The number of fused-ring (bicyclic) bond motifs is 8. The Hall–Kier alpha value is -3.73. The molecule has 70 heavy (non-hydrogen) atoms. The fourth-order valence-corrected chi connectivity index (χ4v) is 12.9. The van der Waals surface area contributed by atoms with Crippen LogP contribution in [0.3, 0.4) is 0 Å². The summed E-state index contributed by atoms with van der Waals surface area (Å²) in [5.74, 6) is -1.60. The monoisotopic (exact) mass is 1060 g/mol. The molecule has 0 saturated heterocycles. The third kappa shape index (κ3) is 15.2. The lowest BCUT2D eigenvalue weighted by atomic mass is 9.87. The molecule has 0 aliphatic carbocycles. The molecule has 0 spiro atoms. The van der Waals surface area contributed by atoms with Gasteiger partial charge in [0.2, 0.25) is 0 Å². The minimum absolute atomic E-state index is 0.0935. The lowest BCUT2D eigenvalue weighted by Crippen LogP contribution is -2.42. The summed E-state index contributed by atoms with van der Waals surface area (Å²) < 4.78 is 32.1. The highest BCUT2D eigenvalue weighted by Crippen LogP contribution is 2.59. The van der Waals surface area contributed by atoms with E-state index in [1.807, 2.05) is 50.2 Å². The summed E-state index contributed by atoms with van der Waals surface area (Å²) in [6, 6.07) is 16.4. The lowest BCUT2D eigenvalue weighted by molar-refractivity contribution is -0.134. The van der Waals surface area contributed by atoms with Crippen LogP contribution in [-0.2, 0) is 44.9 Å². The van der Waals surface area contributed by atoms with Crippen LogP contribution in [0.2, 0.25) is 0 Å². The van der Waals surface area contributed by atoms with Crippen molar-refractivity contribution < 1.29 is 53.5 Å². The average molecular weight is 1060 g/mol. The maximum Gasteiger partial charge on any atom is 0.349 e. The van der Waals surface area contributed by atoms with Crippen LogP contribution in [-0.4, -0.2) is 69.1 Å². The smallest absolute Gasteiger partial charge is 0.349 e. The zero-order chi connectivity index (χ0) is 52.9. The number of hydrogen-bond acceptors (Lipinski definition) is 14. The number of carboxylic acid groups (broad SMARTS) is 2. The van der Waals surface area contributed by atoms with E-state index in [0.717, 1.165) is 32.0 Å². The molecule has 12 nitrogen and oxygen atoms in total. The number of rotatable bonds is 12. The second-order valence-corrected chi connectivity index (χ2v) is 28.3. The van der Waals surface area contributed by atoms with Crippen LogP contribution in [0.15, 0.2) is 99.8 Å². The lowest BCUT2D eigenvalue weighted by Gasteiger charge is -2.33. The molecule has 8 bridgehead atoms. The molecule has 5 rings (SSSR count). The molecule has 4 aromatic rings. The summed E-state index contributed by atoms with van der Waals surface area (Å²) in [7, 11) is -3.52. The highest BCUT2D eigenvalue weighted by molar-refractivity contribution is 8.01. The van der Waals surface area contributed by atoms with E-state index < -0.39 is 24.8 Å². The van der Waals surface area contributed by atoms with Crippen molar-refractivity contribution in [1.82, 2.24) is 5.32 Å². The normalized spacial score (nSPS) is 13.7. The second-order valence-electron chi connectivity index (χ2n) is 21.4. The third-order valence-corrected chi connectivity index (χ3v) is 18.0. The Balaban J connectivity index is 0.00000122. The first-order valence-corrected chi connectivity index (χ1v) is 27.9. The van der Waals surface area contributed by atoms with Gasteiger partial charge in [0.05, 0.1) is 52.4 Å². The fraction of sp³-hybridized carbons (Fsp3) is 0.472. The van der Waals surface area contributed by atoms with Crippen molar-refractivity contribution in [1.29, 1.82) is 0 Å². The van der Waals surface area contributed by atoms with Crippen LogP contribution in [0, 0.1) is 0 Å². The molecule has 0 amide bonds. The fourth-order valence-electron chi connectivity index (χ4n) is 6.74. The van der Waals surface area contributed by atoms with Crippen molar-refractivity contribution in [2.45, 2.75) is 177 Å². The van der Waals surface area contributed by atoms with Gasteiger partial charge in [-0.05, 0) is 120 Å². The van der Waals surface area contributed by atoms with E-state index in [2.05, 4.69) is 101 Å².